The van der Waals surface area contributed by atoms with E-state index in [2.05, 4.69) is 10.4 Å². The Morgan fingerprint density at radius 2 is 2.29 bits per heavy atom. The summed E-state index contributed by atoms with van der Waals surface area (Å²) in [6.45, 7) is 2.00. The smallest absolute Gasteiger partial charge is 0.150 e. The normalized spacial score (nSPS) is 20.1. The molecule has 0 bridgehead atoms. The van der Waals surface area contributed by atoms with Crippen molar-refractivity contribution in [3.05, 3.63) is 11.1 Å². The molecular formula is C10H15NOS2. The summed E-state index contributed by atoms with van der Waals surface area (Å²) in [5, 5.41) is 12.2. The third-order valence-corrected chi connectivity index (χ3v) is 5.01. The summed E-state index contributed by atoms with van der Waals surface area (Å²) >= 11 is 3.37. The summed E-state index contributed by atoms with van der Waals surface area (Å²) in [5.41, 5.74) is 0.667. The number of thioether (sulfide) groups is 1. The van der Waals surface area contributed by atoms with Crippen molar-refractivity contribution in [2.45, 2.75) is 42.5 Å². The van der Waals surface area contributed by atoms with Gasteiger partial charge in [0.1, 0.15) is 4.34 Å². The van der Waals surface area contributed by atoms with Crippen LogP contribution in [0.3, 0.4) is 0 Å². The molecule has 1 aromatic heterocycles. The van der Waals surface area contributed by atoms with E-state index < -0.39 is 5.60 Å². The molecule has 1 N–H and O–H groups in total. The van der Waals surface area contributed by atoms with E-state index in [9.17, 15) is 5.11 Å². The summed E-state index contributed by atoms with van der Waals surface area (Å²) in [6, 6.07) is 0. The fourth-order valence-corrected chi connectivity index (χ4v) is 3.78. The number of nitrogens with zero attached hydrogens (tertiary/aromatic N) is 1. The van der Waals surface area contributed by atoms with Crippen molar-refractivity contribution < 1.29 is 5.11 Å². The van der Waals surface area contributed by atoms with Gasteiger partial charge in [0.05, 0.1) is 5.60 Å². The third-order valence-electron chi connectivity index (χ3n) is 2.60. The van der Waals surface area contributed by atoms with Gasteiger partial charge in [0, 0.05) is 16.8 Å². The zero-order valence-corrected chi connectivity index (χ0v) is 9.96. The van der Waals surface area contributed by atoms with Gasteiger partial charge in [-0.3, -0.25) is 0 Å². The van der Waals surface area contributed by atoms with Gasteiger partial charge in [-0.15, -0.1) is 11.3 Å². The molecule has 0 saturated heterocycles. The van der Waals surface area contributed by atoms with Crippen LogP contribution in [0.15, 0.2) is 9.72 Å². The second-order valence-corrected chi connectivity index (χ2v) is 6.06. The fraction of sp³-hybridized carbons (Fsp3) is 0.700. The zero-order chi connectivity index (χ0) is 10.0. The van der Waals surface area contributed by atoms with Gasteiger partial charge in [-0.25, -0.2) is 4.98 Å². The highest BCUT2D eigenvalue weighted by Crippen LogP contribution is 2.35. The molecule has 0 aliphatic heterocycles. The van der Waals surface area contributed by atoms with E-state index in [0.29, 0.717) is 0 Å². The maximum Gasteiger partial charge on any atom is 0.150 e. The lowest BCUT2D eigenvalue weighted by Gasteiger charge is -2.20. The number of aliphatic hydroxyl groups is 1. The largest absolute Gasteiger partial charge is 0.389 e. The second-order valence-electron chi connectivity index (χ2n) is 3.97. The van der Waals surface area contributed by atoms with Crippen LogP contribution < -0.4 is 0 Å². The van der Waals surface area contributed by atoms with Gasteiger partial charge < -0.3 is 5.11 Å². The first kappa shape index (κ1) is 10.5. The third kappa shape index (κ3) is 2.49. The van der Waals surface area contributed by atoms with E-state index in [1.54, 1.807) is 23.1 Å². The summed E-state index contributed by atoms with van der Waals surface area (Å²) in [6.07, 6.45) is 4.27. The van der Waals surface area contributed by atoms with Crippen molar-refractivity contribution in [1.29, 1.82) is 0 Å². The van der Waals surface area contributed by atoms with Gasteiger partial charge >= 0.3 is 0 Å². The van der Waals surface area contributed by atoms with Crippen molar-refractivity contribution in [1.82, 2.24) is 4.98 Å². The molecule has 78 valence electrons. The van der Waals surface area contributed by atoms with Crippen LogP contribution in [-0.2, 0) is 0 Å². The molecule has 1 aromatic rings. The maximum absolute atomic E-state index is 10.1. The molecule has 0 atom stereocenters. The molecule has 1 aliphatic carbocycles. The average Bonchev–Trinajstić information content (AvgIpc) is 2.73. The van der Waals surface area contributed by atoms with Gasteiger partial charge in [0.25, 0.3) is 0 Å². The summed E-state index contributed by atoms with van der Waals surface area (Å²) < 4.78 is 1.09. The highest BCUT2D eigenvalue weighted by Gasteiger charge is 2.31. The quantitative estimate of drug-likeness (QED) is 0.809. The Morgan fingerprint density at radius 1 is 1.57 bits per heavy atom. The molecule has 0 spiro atoms. The van der Waals surface area contributed by atoms with Crippen molar-refractivity contribution in [2.24, 2.45) is 0 Å². The lowest BCUT2D eigenvalue weighted by atomic mass is 10.1. The Kier molecular flexibility index (Phi) is 3.14. The topological polar surface area (TPSA) is 33.1 Å². The molecular weight excluding hydrogens is 214 g/mol. The van der Waals surface area contributed by atoms with E-state index in [0.717, 1.165) is 28.6 Å². The molecule has 0 aromatic carbocycles. The maximum atomic E-state index is 10.1. The predicted octanol–water partition coefficient (Wildman–Crippen LogP) is 2.85. The van der Waals surface area contributed by atoms with Gasteiger partial charge in [-0.2, -0.15) is 0 Å². The van der Waals surface area contributed by atoms with Crippen LogP contribution in [0.4, 0.5) is 0 Å². The van der Waals surface area contributed by atoms with Gasteiger partial charge in [0.15, 0.2) is 0 Å². The lowest BCUT2D eigenvalue weighted by Crippen LogP contribution is -2.26. The number of hydrogen-bond donors (Lipinski definition) is 1. The number of aryl methyl sites for hydroxylation is 1. The molecule has 14 heavy (non-hydrogen) atoms. The molecule has 2 nitrogen and oxygen atoms in total. The first-order valence-electron chi connectivity index (χ1n) is 4.95. The van der Waals surface area contributed by atoms with Crippen LogP contribution in [-0.4, -0.2) is 21.4 Å². The molecule has 1 heterocycles. The van der Waals surface area contributed by atoms with Crippen molar-refractivity contribution in [2.75, 3.05) is 5.75 Å². The Balaban J connectivity index is 1.87. The van der Waals surface area contributed by atoms with E-state index in [-0.39, 0.29) is 0 Å². The van der Waals surface area contributed by atoms with E-state index >= 15 is 0 Å². The van der Waals surface area contributed by atoms with Crippen molar-refractivity contribution in [3.8, 4) is 0 Å². The minimum absolute atomic E-state index is 0.412. The van der Waals surface area contributed by atoms with Crippen molar-refractivity contribution in [3.63, 3.8) is 0 Å². The molecule has 0 unspecified atom stereocenters. The van der Waals surface area contributed by atoms with Crippen LogP contribution in [0.1, 0.15) is 31.4 Å². The lowest BCUT2D eigenvalue weighted by molar-refractivity contribution is 0.0732. The highest BCUT2D eigenvalue weighted by molar-refractivity contribution is 8.01. The first-order chi connectivity index (χ1) is 6.68. The van der Waals surface area contributed by atoms with Crippen molar-refractivity contribution >= 4 is 23.1 Å². The highest BCUT2D eigenvalue weighted by atomic mass is 32.2. The summed E-state index contributed by atoms with van der Waals surface area (Å²) in [7, 11) is 0. The van der Waals surface area contributed by atoms with Gasteiger partial charge in [0.2, 0.25) is 0 Å². The van der Waals surface area contributed by atoms with E-state index in [1.165, 1.54) is 12.8 Å². The number of thiazole rings is 1. The SMILES string of the molecule is Cc1csc(SCC2(O)CCCC2)n1. The van der Waals surface area contributed by atoms with E-state index in [1.807, 2.05) is 6.92 Å². The average molecular weight is 229 g/mol. The minimum atomic E-state index is -0.412. The molecule has 0 amide bonds. The van der Waals surface area contributed by atoms with Crippen LogP contribution in [0, 0.1) is 6.92 Å². The molecule has 1 fully saturated rings. The standard InChI is InChI=1S/C10H15NOS2/c1-8-6-13-9(11-8)14-7-10(12)4-2-3-5-10/h6,12H,2-5,7H2,1H3. The van der Waals surface area contributed by atoms with Crippen LogP contribution in [0.25, 0.3) is 0 Å². The Bertz CT molecular complexity index is 305. The van der Waals surface area contributed by atoms with E-state index in [4.69, 9.17) is 0 Å². The fourth-order valence-electron chi connectivity index (χ4n) is 1.77. The zero-order valence-electron chi connectivity index (χ0n) is 8.32. The number of hydrogen-bond acceptors (Lipinski definition) is 4. The Hall–Kier alpha value is -0.0600. The molecule has 1 aliphatic rings. The monoisotopic (exact) mass is 229 g/mol. The number of aromatic nitrogens is 1. The summed E-state index contributed by atoms with van der Waals surface area (Å²) in [5.74, 6) is 0.806. The van der Waals surface area contributed by atoms with Gasteiger partial charge in [-0.1, -0.05) is 24.6 Å². The molecule has 2 rings (SSSR count). The minimum Gasteiger partial charge on any atom is -0.389 e. The van der Waals surface area contributed by atoms with Gasteiger partial charge in [-0.05, 0) is 19.8 Å². The van der Waals surface area contributed by atoms with Crippen LogP contribution in [0.5, 0.6) is 0 Å². The van der Waals surface area contributed by atoms with Crippen LogP contribution >= 0.6 is 23.1 Å². The number of rotatable bonds is 3. The molecule has 1 saturated carbocycles. The second kappa shape index (κ2) is 4.21. The Morgan fingerprint density at radius 3 is 2.86 bits per heavy atom. The molecule has 4 heteroatoms. The predicted molar refractivity (Wildman–Crippen MR) is 61.0 cm³/mol. The summed E-state index contributed by atoms with van der Waals surface area (Å²) in [4.78, 5) is 4.37. The van der Waals surface area contributed by atoms with Crippen LogP contribution in [0.2, 0.25) is 0 Å². The molecule has 0 radical (unpaired) electrons. The first-order valence-corrected chi connectivity index (χ1v) is 6.82. The Labute approximate surface area is 92.8 Å².